The number of carbonyl (C=O) groups excluding carboxylic acids is 2. The molecule has 4 fully saturated rings. The Balaban J connectivity index is 1.42. The van der Waals surface area contributed by atoms with E-state index in [1.54, 1.807) is 0 Å². The molecule has 3 atom stereocenters. The maximum Gasteiger partial charge on any atom is 0.252 e. The van der Waals surface area contributed by atoms with Gasteiger partial charge in [-0.2, -0.15) is 0 Å². The number of likely N-dealkylation sites (tertiary alicyclic amines) is 2. The Morgan fingerprint density at radius 3 is 1.88 bits per heavy atom. The zero-order valence-corrected chi connectivity index (χ0v) is 15.2. The van der Waals surface area contributed by atoms with Gasteiger partial charge in [0, 0.05) is 37.0 Å². The first kappa shape index (κ1) is 17.3. The molecule has 5 nitrogen and oxygen atoms in total. The van der Waals surface area contributed by atoms with Gasteiger partial charge in [0.1, 0.15) is 6.10 Å². The highest BCUT2D eigenvalue weighted by molar-refractivity contribution is 5.87. The lowest BCUT2D eigenvalue weighted by atomic mass is 9.88. The molecule has 2 saturated carbocycles. The standard InChI is InChI=1S/C20H32N2O3/c23-18-17(13-22(20(18)25)15-9-5-2-6-10-15)16-11-12-21(19(16)24)14-7-3-1-4-8-14/h14-18,23H,1-13H2. The van der Waals surface area contributed by atoms with Gasteiger partial charge in [-0.05, 0) is 32.1 Å². The first-order valence-electron chi connectivity index (χ1n) is 10.5. The topological polar surface area (TPSA) is 60.9 Å². The van der Waals surface area contributed by atoms with Crippen LogP contribution in [0.1, 0.15) is 70.6 Å². The van der Waals surface area contributed by atoms with Crippen molar-refractivity contribution in [1.82, 2.24) is 9.80 Å². The first-order valence-corrected chi connectivity index (χ1v) is 10.5. The van der Waals surface area contributed by atoms with Crippen LogP contribution in [0.15, 0.2) is 0 Å². The number of carbonyl (C=O) groups is 2. The Bertz CT molecular complexity index is 511. The van der Waals surface area contributed by atoms with Gasteiger partial charge in [0.25, 0.3) is 5.91 Å². The third-order valence-electron chi connectivity index (χ3n) is 7.18. The second-order valence-corrected chi connectivity index (χ2v) is 8.61. The number of amides is 2. The second kappa shape index (κ2) is 7.26. The molecule has 2 amide bonds. The maximum absolute atomic E-state index is 13.0. The molecule has 2 aliphatic heterocycles. The van der Waals surface area contributed by atoms with Crippen molar-refractivity contribution in [3.8, 4) is 0 Å². The molecule has 2 saturated heterocycles. The predicted octanol–water partition coefficient (Wildman–Crippen LogP) is 2.32. The lowest BCUT2D eigenvalue weighted by Gasteiger charge is -2.32. The van der Waals surface area contributed by atoms with E-state index in [1.807, 2.05) is 4.90 Å². The Morgan fingerprint density at radius 2 is 1.28 bits per heavy atom. The van der Waals surface area contributed by atoms with Crippen molar-refractivity contribution in [3.63, 3.8) is 0 Å². The van der Waals surface area contributed by atoms with E-state index in [-0.39, 0.29) is 29.7 Å². The molecule has 1 N–H and O–H groups in total. The molecular weight excluding hydrogens is 316 g/mol. The smallest absolute Gasteiger partial charge is 0.252 e. The van der Waals surface area contributed by atoms with E-state index in [4.69, 9.17) is 0 Å². The fraction of sp³-hybridized carbons (Fsp3) is 0.900. The van der Waals surface area contributed by atoms with Crippen LogP contribution in [-0.2, 0) is 9.59 Å². The van der Waals surface area contributed by atoms with E-state index < -0.39 is 6.10 Å². The fourth-order valence-electron chi connectivity index (χ4n) is 5.72. The molecule has 3 unspecified atom stereocenters. The normalized spacial score (nSPS) is 35.8. The van der Waals surface area contributed by atoms with Gasteiger partial charge in [0.15, 0.2) is 0 Å². The third-order valence-corrected chi connectivity index (χ3v) is 7.18. The minimum atomic E-state index is -0.970. The SMILES string of the molecule is O=C1C(O)C(C2CCN(C3CCCCC3)C2=O)CN1C1CCCCC1. The summed E-state index contributed by atoms with van der Waals surface area (Å²) in [6.45, 7) is 1.40. The van der Waals surface area contributed by atoms with Crippen molar-refractivity contribution in [2.75, 3.05) is 13.1 Å². The molecule has 0 aromatic carbocycles. The molecule has 4 aliphatic rings. The molecule has 2 aliphatic carbocycles. The van der Waals surface area contributed by atoms with Crippen LogP contribution >= 0.6 is 0 Å². The number of rotatable bonds is 3. The van der Waals surface area contributed by atoms with Crippen LogP contribution in [0.25, 0.3) is 0 Å². The number of hydrogen-bond donors (Lipinski definition) is 1. The van der Waals surface area contributed by atoms with E-state index in [0.29, 0.717) is 12.6 Å². The van der Waals surface area contributed by atoms with Crippen molar-refractivity contribution in [2.45, 2.75) is 88.8 Å². The average Bonchev–Trinajstić information content (AvgIpc) is 3.17. The lowest BCUT2D eigenvalue weighted by Crippen LogP contribution is -2.41. The Morgan fingerprint density at radius 1 is 0.720 bits per heavy atom. The van der Waals surface area contributed by atoms with Crippen molar-refractivity contribution in [2.24, 2.45) is 11.8 Å². The number of aliphatic hydroxyl groups is 1. The quantitative estimate of drug-likeness (QED) is 0.851. The monoisotopic (exact) mass is 348 g/mol. The molecule has 0 aromatic rings. The van der Waals surface area contributed by atoms with Gasteiger partial charge in [-0.25, -0.2) is 0 Å². The first-order chi connectivity index (χ1) is 12.2. The Labute approximate surface area is 150 Å². The van der Waals surface area contributed by atoms with Crippen LogP contribution in [0.4, 0.5) is 0 Å². The summed E-state index contributed by atoms with van der Waals surface area (Å²) in [6.07, 6.45) is 11.5. The highest BCUT2D eigenvalue weighted by atomic mass is 16.3. The van der Waals surface area contributed by atoms with Gasteiger partial charge in [-0.15, -0.1) is 0 Å². The van der Waals surface area contributed by atoms with Gasteiger partial charge in [-0.1, -0.05) is 38.5 Å². The van der Waals surface area contributed by atoms with E-state index in [2.05, 4.69) is 4.90 Å². The van der Waals surface area contributed by atoms with E-state index in [1.165, 1.54) is 38.5 Å². The van der Waals surface area contributed by atoms with Gasteiger partial charge in [-0.3, -0.25) is 9.59 Å². The zero-order chi connectivity index (χ0) is 17.4. The molecule has 0 spiro atoms. The van der Waals surface area contributed by atoms with Crippen LogP contribution in [0.3, 0.4) is 0 Å². The summed E-state index contributed by atoms with van der Waals surface area (Å²) >= 11 is 0. The average molecular weight is 348 g/mol. The van der Waals surface area contributed by atoms with Gasteiger partial charge in [0.05, 0.1) is 0 Å². The van der Waals surface area contributed by atoms with Crippen LogP contribution in [0.5, 0.6) is 0 Å². The second-order valence-electron chi connectivity index (χ2n) is 8.61. The van der Waals surface area contributed by atoms with Crippen molar-refractivity contribution in [3.05, 3.63) is 0 Å². The lowest BCUT2D eigenvalue weighted by molar-refractivity contribution is -0.138. The largest absolute Gasteiger partial charge is 0.383 e. The molecule has 0 bridgehead atoms. The molecule has 5 heteroatoms. The summed E-state index contributed by atoms with van der Waals surface area (Å²) in [5.41, 5.74) is 0. The number of nitrogens with zero attached hydrogens (tertiary/aromatic N) is 2. The van der Waals surface area contributed by atoms with Crippen LogP contribution in [-0.4, -0.2) is 58.0 Å². The van der Waals surface area contributed by atoms with Gasteiger partial charge < -0.3 is 14.9 Å². The molecule has 25 heavy (non-hydrogen) atoms. The summed E-state index contributed by atoms with van der Waals surface area (Å²) in [5.74, 6) is -0.278. The molecule has 0 radical (unpaired) electrons. The van der Waals surface area contributed by atoms with Crippen LogP contribution in [0, 0.1) is 11.8 Å². The molecule has 2 heterocycles. The minimum absolute atomic E-state index is 0.124. The predicted molar refractivity (Wildman–Crippen MR) is 94.8 cm³/mol. The summed E-state index contributed by atoms with van der Waals surface area (Å²) in [4.78, 5) is 29.6. The molecule has 4 rings (SSSR count). The van der Waals surface area contributed by atoms with E-state index in [0.717, 1.165) is 38.6 Å². The maximum atomic E-state index is 13.0. The van der Waals surface area contributed by atoms with Crippen molar-refractivity contribution in [1.29, 1.82) is 0 Å². The molecular formula is C20H32N2O3. The molecule has 140 valence electrons. The van der Waals surface area contributed by atoms with Crippen molar-refractivity contribution >= 4 is 11.8 Å². The molecule has 0 aromatic heterocycles. The van der Waals surface area contributed by atoms with Crippen LogP contribution < -0.4 is 0 Å². The zero-order valence-electron chi connectivity index (χ0n) is 15.2. The fourth-order valence-corrected chi connectivity index (χ4v) is 5.72. The van der Waals surface area contributed by atoms with Crippen LogP contribution in [0.2, 0.25) is 0 Å². The Kier molecular flexibility index (Phi) is 5.03. The highest BCUT2D eigenvalue weighted by Crippen LogP contribution is 2.38. The van der Waals surface area contributed by atoms with Crippen molar-refractivity contribution < 1.29 is 14.7 Å². The third kappa shape index (κ3) is 3.20. The summed E-state index contributed by atoms with van der Waals surface area (Å²) in [7, 11) is 0. The number of aliphatic hydroxyl groups excluding tert-OH is 1. The summed E-state index contributed by atoms with van der Waals surface area (Å²) in [6, 6.07) is 0.682. The summed E-state index contributed by atoms with van der Waals surface area (Å²) < 4.78 is 0. The number of hydrogen-bond acceptors (Lipinski definition) is 3. The highest BCUT2D eigenvalue weighted by Gasteiger charge is 2.50. The van der Waals surface area contributed by atoms with E-state index in [9.17, 15) is 14.7 Å². The van der Waals surface area contributed by atoms with Gasteiger partial charge in [0.2, 0.25) is 5.91 Å². The summed E-state index contributed by atoms with van der Waals surface area (Å²) in [5, 5.41) is 10.6. The van der Waals surface area contributed by atoms with Gasteiger partial charge >= 0.3 is 0 Å². The minimum Gasteiger partial charge on any atom is -0.383 e. The Hall–Kier alpha value is -1.10. The van der Waals surface area contributed by atoms with E-state index >= 15 is 0 Å².